The van der Waals surface area contributed by atoms with Crippen molar-refractivity contribution in [1.29, 1.82) is 0 Å². The average molecular weight is 452 g/mol. The lowest BCUT2D eigenvalue weighted by atomic mass is 10.1. The Labute approximate surface area is 193 Å². The van der Waals surface area contributed by atoms with Crippen LogP contribution in [0.1, 0.15) is 25.3 Å². The van der Waals surface area contributed by atoms with Gasteiger partial charge >= 0.3 is 0 Å². The number of nitrogens with zero attached hydrogens (tertiary/aromatic N) is 2. The van der Waals surface area contributed by atoms with Crippen LogP contribution in [-0.2, 0) is 9.53 Å². The molecule has 32 heavy (non-hydrogen) atoms. The lowest BCUT2D eigenvalue weighted by molar-refractivity contribution is -0.119. The van der Waals surface area contributed by atoms with Crippen LogP contribution in [0.4, 0.5) is 0 Å². The molecule has 6 nitrogen and oxygen atoms in total. The van der Waals surface area contributed by atoms with Gasteiger partial charge in [-0.15, -0.1) is 0 Å². The maximum absolute atomic E-state index is 12.4. The van der Waals surface area contributed by atoms with E-state index in [1.807, 2.05) is 42.0 Å². The summed E-state index contributed by atoms with van der Waals surface area (Å²) in [6, 6.07) is 16.2. The first-order chi connectivity index (χ1) is 15.6. The van der Waals surface area contributed by atoms with Crippen molar-refractivity contribution in [2.24, 2.45) is 0 Å². The van der Waals surface area contributed by atoms with E-state index in [4.69, 9.17) is 14.5 Å². The van der Waals surface area contributed by atoms with Crippen LogP contribution >= 0.6 is 11.8 Å². The van der Waals surface area contributed by atoms with Gasteiger partial charge in [-0.05, 0) is 63.1 Å². The SMILES string of the molecule is CCOc1ccc(-c2cn(-c3ccc(C)cc3)c(SCC(=O)NCC3CCCO3)n2)cc1. The van der Waals surface area contributed by atoms with Gasteiger partial charge in [-0.3, -0.25) is 9.36 Å². The zero-order valence-corrected chi connectivity index (χ0v) is 19.4. The highest BCUT2D eigenvalue weighted by Gasteiger charge is 2.17. The Morgan fingerprint density at radius 2 is 2.00 bits per heavy atom. The lowest BCUT2D eigenvalue weighted by Crippen LogP contribution is -2.32. The Morgan fingerprint density at radius 1 is 1.22 bits per heavy atom. The molecule has 0 radical (unpaired) electrons. The highest BCUT2D eigenvalue weighted by Crippen LogP contribution is 2.28. The average Bonchev–Trinajstić information content (AvgIpc) is 3.48. The quantitative estimate of drug-likeness (QED) is 0.481. The summed E-state index contributed by atoms with van der Waals surface area (Å²) in [5, 5.41) is 3.76. The second-order valence-electron chi connectivity index (χ2n) is 7.80. The summed E-state index contributed by atoms with van der Waals surface area (Å²) in [4.78, 5) is 17.2. The van der Waals surface area contributed by atoms with Crippen LogP contribution in [0.15, 0.2) is 59.9 Å². The maximum Gasteiger partial charge on any atom is 0.230 e. The molecule has 0 saturated carbocycles. The molecule has 1 saturated heterocycles. The molecule has 1 amide bonds. The number of nitrogens with one attached hydrogen (secondary N) is 1. The Morgan fingerprint density at radius 3 is 2.69 bits per heavy atom. The number of carbonyl (C=O) groups excluding carboxylic acids is 1. The van der Waals surface area contributed by atoms with E-state index in [0.717, 1.165) is 47.3 Å². The number of aryl methyl sites for hydroxylation is 1. The van der Waals surface area contributed by atoms with Gasteiger partial charge in [0.25, 0.3) is 0 Å². The largest absolute Gasteiger partial charge is 0.494 e. The minimum Gasteiger partial charge on any atom is -0.494 e. The van der Waals surface area contributed by atoms with Gasteiger partial charge in [0.1, 0.15) is 5.75 Å². The summed E-state index contributed by atoms with van der Waals surface area (Å²) in [5.41, 5.74) is 4.07. The second kappa shape index (κ2) is 10.7. The molecule has 1 aromatic heterocycles. The molecule has 1 aliphatic rings. The first-order valence-electron chi connectivity index (χ1n) is 11.0. The molecule has 1 N–H and O–H groups in total. The highest BCUT2D eigenvalue weighted by atomic mass is 32.2. The summed E-state index contributed by atoms with van der Waals surface area (Å²) in [6.45, 7) is 6.03. The number of carbonyl (C=O) groups is 1. The number of hydrogen-bond acceptors (Lipinski definition) is 5. The van der Waals surface area contributed by atoms with Crippen molar-refractivity contribution < 1.29 is 14.3 Å². The van der Waals surface area contributed by atoms with Gasteiger partial charge in [0.15, 0.2) is 5.16 Å². The zero-order chi connectivity index (χ0) is 22.3. The van der Waals surface area contributed by atoms with Crippen molar-refractivity contribution in [3.63, 3.8) is 0 Å². The summed E-state index contributed by atoms with van der Waals surface area (Å²) in [6.07, 6.45) is 4.24. The number of imidazole rings is 1. The van der Waals surface area contributed by atoms with Crippen molar-refractivity contribution in [2.45, 2.75) is 37.9 Å². The molecule has 0 bridgehead atoms. The van der Waals surface area contributed by atoms with Crippen molar-refractivity contribution in [2.75, 3.05) is 25.5 Å². The van der Waals surface area contributed by atoms with E-state index in [9.17, 15) is 4.79 Å². The lowest BCUT2D eigenvalue weighted by Gasteiger charge is -2.11. The first kappa shape index (κ1) is 22.4. The molecule has 1 unspecified atom stereocenters. The molecule has 3 aromatic rings. The smallest absolute Gasteiger partial charge is 0.230 e. The van der Waals surface area contributed by atoms with E-state index >= 15 is 0 Å². The van der Waals surface area contributed by atoms with Gasteiger partial charge in [-0.2, -0.15) is 0 Å². The number of amides is 1. The van der Waals surface area contributed by atoms with Crippen molar-refractivity contribution in [3.05, 3.63) is 60.3 Å². The number of benzene rings is 2. The van der Waals surface area contributed by atoms with E-state index in [-0.39, 0.29) is 12.0 Å². The molecular formula is C25H29N3O3S. The molecule has 1 atom stereocenters. The third kappa shape index (κ3) is 5.72. The van der Waals surface area contributed by atoms with Gasteiger partial charge in [-0.25, -0.2) is 4.98 Å². The molecule has 1 aliphatic heterocycles. The Bertz CT molecular complexity index is 1030. The Kier molecular flexibility index (Phi) is 7.50. The van der Waals surface area contributed by atoms with Gasteiger partial charge in [0, 0.05) is 30.6 Å². The summed E-state index contributed by atoms with van der Waals surface area (Å²) in [7, 11) is 0. The van der Waals surface area contributed by atoms with Crippen LogP contribution in [0.5, 0.6) is 5.75 Å². The van der Waals surface area contributed by atoms with Crippen LogP contribution < -0.4 is 10.1 Å². The molecule has 4 rings (SSSR count). The highest BCUT2D eigenvalue weighted by molar-refractivity contribution is 7.99. The fourth-order valence-corrected chi connectivity index (χ4v) is 4.42. The molecule has 7 heteroatoms. The minimum absolute atomic E-state index is 0.00780. The standard InChI is InChI=1S/C25H29N3O3S/c1-3-30-21-12-8-19(9-13-21)23-16-28(20-10-6-18(2)7-11-20)25(27-23)32-17-24(29)26-15-22-5-4-14-31-22/h6-13,16,22H,3-5,14-15,17H2,1-2H3,(H,26,29). The normalized spacial score (nSPS) is 15.6. The van der Waals surface area contributed by atoms with Crippen LogP contribution in [0.2, 0.25) is 0 Å². The molecule has 2 aromatic carbocycles. The summed E-state index contributed by atoms with van der Waals surface area (Å²) in [5.74, 6) is 1.14. The van der Waals surface area contributed by atoms with Gasteiger partial charge < -0.3 is 14.8 Å². The van der Waals surface area contributed by atoms with Crippen LogP contribution in [0, 0.1) is 6.92 Å². The maximum atomic E-state index is 12.4. The molecular weight excluding hydrogens is 422 g/mol. The van der Waals surface area contributed by atoms with Gasteiger partial charge in [-0.1, -0.05) is 29.5 Å². The third-order valence-corrected chi connectivity index (χ3v) is 6.28. The first-order valence-corrected chi connectivity index (χ1v) is 12.0. The van der Waals surface area contributed by atoms with Gasteiger partial charge in [0.2, 0.25) is 5.91 Å². The van der Waals surface area contributed by atoms with E-state index in [1.165, 1.54) is 17.3 Å². The molecule has 0 spiro atoms. The van der Waals surface area contributed by atoms with Crippen molar-refractivity contribution in [1.82, 2.24) is 14.9 Å². The van der Waals surface area contributed by atoms with E-state index in [2.05, 4.69) is 36.5 Å². The van der Waals surface area contributed by atoms with Crippen LogP contribution in [0.25, 0.3) is 16.9 Å². The summed E-state index contributed by atoms with van der Waals surface area (Å²) < 4.78 is 13.2. The molecule has 1 fully saturated rings. The minimum atomic E-state index is -0.00780. The van der Waals surface area contributed by atoms with Crippen molar-refractivity contribution >= 4 is 17.7 Å². The fourth-order valence-electron chi connectivity index (χ4n) is 3.60. The topological polar surface area (TPSA) is 65.4 Å². The number of thioether (sulfide) groups is 1. The predicted octanol–water partition coefficient (Wildman–Crippen LogP) is 4.63. The molecule has 2 heterocycles. The Balaban J connectivity index is 1.51. The van der Waals surface area contributed by atoms with Gasteiger partial charge in [0.05, 0.1) is 24.2 Å². The number of rotatable bonds is 9. The van der Waals surface area contributed by atoms with E-state index in [1.54, 1.807) is 0 Å². The monoisotopic (exact) mass is 451 g/mol. The van der Waals surface area contributed by atoms with Crippen LogP contribution in [0.3, 0.4) is 0 Å². The van der Waals surface area contributed by atoms with E-state index in [0.29, 0.717) is 18.9 Å². The van der Waals surface area contributed by atoms with E-state index < -0.39 is 0 Å². The fraction of sp³-hybridized carbons (Fsp3) is 0.360. The van der Waals surface area contributed by atoms with Crippen LogP contribution in [-0.4, -0.2) is 47.1 Å². The Hall–Kier alpha value is -2.77. The number of hydrogen-bond donors (Lipinski definition) is 1. The molecule has 168 valence electrons. The zero-order valence-electron chi connectivity index (χ0n) is 18.5. The predicted molar refractivity (Wildman–Crippen MR) is 128 cm³/mol. The number of aromatic nitrogens is 2. The second-order valence-corrected chi connectivity index (χ2v) is 8.74. The van der Waals surface area contributed by atoms with Crippen molar-refractivity contribution in [3.8, 4) is 22.7 Å². The third-order valence-electron chi connectivity index (χ3n) is 5.33. The molecule has 0 aliphatic carbocycles. The number of ether oxygens (including phenoxy) is 2. The summed E-state index contributed by atoms with van der Waals surface area (Å²) >= 11 is 1.44.